The van der Waals surface area contributed by atoms with E-state index in [0.29, 0.717) is 10.2 Å². The number of nitrogens with zero attached hydrogens (tertiary/aromatic N) is 2. The molecule has 8 heteroatoms. The van der Waals surface area contributed by atoms with E-state index >= 15 is 0 Å². The second kappa shape index (κ2) is 6.27. The Labute approximate surface area is 130 Å². The van der Waals surface area contributed by atoms with Gasteiger partial charge in [-0.15, -0.1) is 0 Å². The first-order valence-electron chi connectivity index (χ1n) is 5.44. The van der Waals surface area contributed by atoms with E-state index in [1.807, 2.05) is 0 Å². The fraction of sp³-hybridized carbons (Fsp3) is 0.0833. The molecule has 0 radical (unpaired) electrons. The van der Waals surface area contributed by atoms with Crippen LogP contribution in [0.2, 0.25) is 0 Å². The number of rotatable bonds is 3. The first-order chi connectivity index (χ1) is 9.47. The summed E-state index contributed by atoms with van der Waals surface area (Å²) in [6.45, 7) is -0.263. The largest absolute Gasteiger partial charge is 0.324 e. The van der Waals surface area contributed by atoms with Gasteiger partial charge in [0.25, 0.3) is 5.56 Å². The summed E-state index contributed by atoms with van der Waals surface area (Å²) in [5.41, 5.74) is -0.118. The number of hydrogen-bond donors (Lipinski definition) is 1. The number of hydrogen-bond acceptors (Lipinski definition) is 3. The maximum atomic E-state index is 13.0. The summed E-state index contributed by atoms with van der Waals surface area (Å²) in [6.07, 6.45) is 1.40. The molecule has 20 heavy (non-hydrogen) atoms. The van der Waals surface area contributed by atoms with E-state index < -0.39 is 17.3 Å². The summed E-state index contributed by atoms with van der Waals surface area (Å²) in [5, 5.41) is 6.32. The van der Waals surface area contributed by atoms with Crippen LogP contribution in [0.3, 0.4) is 0 Å². The molecule has 104 valence electrons. The summed E-state index contributed by atoms with van der Waals surface area (Å²) < 4.78 is 14.8. The molecule has 1 aromatic carbocycles. The van der Waals surface area contributed by atoms with Gasteiger partial charge in [-0.3, -0.25) is 9.59 Å². The number of carbonyl (C=O) groups excluding carboxylic acids is 1. The first-order valence-corrected chi connectivity index (χ1v) is 7.02. The molecule has 0 aliphatic rings. The number of benzene rings is 1. The normalized spacial score (nSPS) is 10.3. The number of halogens is 3. The zero-order chi connectivity index (χ0) is 14.7. The van der Waals surface area contributed by atoms with E-state index in [1.165, 1.54) is 24.4 Å². The second-order valence-electron chi connectivity index (χ2n) is 3.83. The molecule has 0 unspecified atom stereocenters. The lowest BCUT2D eigenvalue weighted by molar-refractivity contribution is -0.117. The van der Waals surface area contributed by atoms with Crippen molar-refractivity contribution in [2.75, 3.05) is 5.32 Å². The predicted octanol–water partition coefficient (Wildman–Crippen LogP) is 2.55. The van der Waals surface area contributed by atoms with Crippen LogP contribution in [0.15, 0.2) is 44.2 Å². The highest BCUT2D eigenvalue weighted by Crippen LogP contribution is 2.16. The maximum absolute atomic E-state index is 13.0. The quantitative estimate of drug-likeness (QED) is 0.854. The average Bonchev–Trinajstić information content (AvgIpc) is 2.39. The van der Waals surface area contributed by atoms with Gasteiger partial charge in [0, 0.05) is 5.69 Å². The lowest BCUT2D eigenvalue weighted by Crippen LogP contribution is -2.30. The van der Waals surface area contributed by atoms with Crippen molar-refractivity contribution in [3.63, 3.8) is 0 Å². The highest BCUT2D eigenvalue weighted by Gasteiger charge is 2.10. The van der Waals surface area contributed by atoms with Crippen LogP contribution in [0, 0.1) is 5.82 Å². The van der Waals surface area contributed by atoms with Gasteiger partial charge in [-0.25, -0.2) is 9.07 Å². The minimum absolute atomic E-state index is 0.263. The van der Waals surface area contributed by atoms with Crippen LogP contribution >= 0.6 is 31.9 Å². The molecule has 1 N–H and O–H groups in total. The molecule has 0 aliphatic heterocycles. The molecule has 0 atom stereocenters. The lowest BCUT2D eigenvalue weighted by Gasteiger charge is -2.07. The van der Waals surface area contributed by atoms with E-state index in [4.69, 9.17) is 0 Å². The van der Waals surface area contributed by atoms with Crippen LogP contribution in [-0.4, -0.2) is 15.7 Å². The molecule has 5 nitrogen and oxygen atoms in total. The molecule has 1 amide bonds. The molecule has 0 saturated carbocycles. The van der Waals surface area contributed by atoms with Crippen LogP contribution in [0.25, 0.3) is 0 Å². The minimum atomic E-state index is -0.473. The smallest absolute Gasteiger partial charge is 0.282 e. The summed E-state index contributed by atoms with van der Waals surface area (Å²) in [6, 6.07) is 5.49. The molecule has 1 heterocycles. The third-order valence-corrected chi connectivity index (χ3v) is 4.24. The number of carbonyl (C=O) groups is 1. The fourth-order valence-electron chi connectivity index (χ4n) is 1.46. The second-order valence-corrected chi connectivity index (χ2v) is 5.48. The van der Waals surface area contributed by atoms with Gasteiger partial charge < -0.3 is 5.32 Å². The predicted molar refractivity (Wildman–Crippen MR) is 78.9 cm³/mol. The Morgan fingerprint density at radius 1 is 1.40 bits per heavy atom. The molecule has 0 aliphatic carbocycles. The van der Waals surface area contributed by atoms with Gasteiger partial charge in [0.1, 0.15) is 16.8 Å². The van der Waals surface area contributed by atoms with Crippen molar-refractivity contribution in [2.24, 2.45) is 0 Å². The topological polar surface area (TPSA) is 64.0 Å². The number of nitrogens with one attached hydrogen (secondary N) is 1. The lowest BCUT2D eigenvalue weighted by atomic mass is 10.3. The van der Waals surface area contributed by atoms with E-state index in [-0.39, 0.29) is 11.0 Å². The van der Waals surface area contributed by atoms with Crippen LogP contribution in [-0.2, 0) is 11.3 Å². The molecule has 2 aromatic rings. The Kier molecular flexibility index (Phi) is 4.66. The Morgan fingerprint density at radius 2 is 2.15 bits per heavy atom. The highest BCUT2D eigenvalue weighted by atomic mass is 79.9. The molecular weight excluding hydrogens is 397 g/mol. The molecular formula is C12H8Br2FN3O2. The Bertz CT molecular complexity index is 718. The standard InChI is InChI=1S/C12H8Br2FN3O2/c13-9-5-16-18(12(20)11(9)14)6-10(19)17-8-3-1-2-7(15)4-8/h1-5H,6H2,(H,17,19). The molecule has 0 spiro atoms. The Balaban J connectivity index is 2.13. The van der Waals surface area contributed by atoms with Gasteiger partial charge in [-0.05, 0) is 50.1 Å². The average molecular weight is 405 g/mol. The van der Waals surface area contributed by atoms with Crippen LogP contribution < -0.4 is 10.9 Å². The van der Waals surface area contributed by atoms with Gasteiger partial charge in [-0.1, -0.05) is 6.07 Å². The van der Waals surface area contributed by atoms with Crippen molar-refractivity contribution >= 4 is 43.5 Å². The zero-order valence-corrected chi connectivity index (χ0v) is 13.1. The third-order valence-electron chi connectivity index (χ3n) is 2.34. The molecule has 0 saturated heterocycles. The van der Waals surface area contributed by atoms with Crippen molar-refractivity contribution in [3.05, 3.63) is 55.6 Å². The first kappa shape index (κ1) is 14.9. The summed E-state index contributed by atoms with van der Waals surface area (Å²) in [4.78, 5) is 23.6. The van der Waals surface area contributed by atoms with Crippen LogP contribution in [0.1, 0.15) is 0 Å². The summed E-state index contributed by atoms with van der Waals surface area (Å²) in [5.74, 6) is -0.927. The third kappa shape index (κ3) is 3.51. The number of amides is 1. The van der Waals surface area contributed by atoms with Crippen molar-refractivity contribution in [2.45, 2.75) is 6.54 Å². The van der Waals surface area contributed by atoms with Gasteiger partial charge >= 0.3 is 0 Å². The van der Waals surface area contributed by atoms with Crippen molar-refractivity contribution in [3.8, 4) is 0 Å². The Hall–Kier alpha value is -1.54. The molecule has 0 fully saturated rings. The molecule has 0 bridgehead atoms. The van der Waals surface area contributed by atoms with Gasteiger partial charge in [-0.2, -0.15) is 5.10 Å². The molecule has 2 rings (SSSR count). The highest BCUT2D eigenvalue weighted by molar-refractivity contribution is 9.13. The maximum Gasteiger partial charge on any atom is 0.282 e. The minimum Gasteiger partial charge on any atom is -0.324 e. The SMILES string of the molecule is O=C(Cn1ncc(Br)c(Br)c1=O)Nc1cccc(F)c1. The van der Waals surface area contributed by atoms with Crippen molar-refractivity contribution in [1.29, 1.82) is 0 Å². The number of aromatic nitrogens is 2. The van der Waals surface area contributed by atoms with Crippen LogP contribution in [0.5, 0.6) is 0 Å². The number of anilines is 1. The van der Waals surface area contributed by atoms with E-state index in [1.54, 1.807) is 6.07 Å². The Morgan fingerprint density at radius 3 is 2.85 bits per heavy atom. The fourth-order valence-corrected chi connectivity index (χ4v) is 2.03. The summed E-state index contributed by atoms with van der Waals surface area (Å²) in [7, 11) is 0. The monoisotopic (exact) mass is 403 g/mol. The van der Waals surface area contributed by atoms with Crippen LogP contribution in [0.4, 0.5) is 10.1 Å². The van der Waals surface area contributed by atoms with Gasteiger partial charge in [0.15, 0.2) is 0 Å². The molecule has 1 aromatic heterocycles. The summed E-state index contributed by atoms with van der Waals surface area (Å²) >= 11 is 6.24. The van der Waals surface area contributed by atoms with E-state index in [0.717, 1.165) is 4.68 Å². The zero-order valence-electron chi connectivity index (χ0n) is 9.94. The van der Waals surface area contributed by atoms with E-state index in [2.05, 4.69) is 42.3 Å². The van der Waals surface area contributed by atoms with Crippen molar-refractivity contribution in [1.82, 2.24) is 9.78 Å². The van der Waals surface area contributed by atoms with Gasteiger partial charge in [0.05, 0.1) is 10.7 Å². The van der Waals surface area contributed by atoms with Crippen molar-refractivity contribution < 1.29 is 9.18 Å². The van der Waals surface area contributed by atoms with E-state index in [9.17, 15) is 14.0 Å². The van der Waals surface area contributed by atoms with Gasteiger partial charge in [0.2, 0.25) is 5.91 Å².